The summed E-state index contributed by atoms with van der Waals surface area (Å²) in [5.41, 5.74) is 2.06. The quantitative estimate of drug-likeness (QED) is 0.754. The Morgan fingerprint density at radius 3 is 2.82 bits per heavy atom. The molecule has 7 heteroatoms. The lowest BCUT2D eigenvalue weighted by Gasteiger charge is -2.32. The molecule has 28 heavy (non-hydrogen) atoms. The van der Waals surface area contributed by atoms with E-state index in [1.54, 1.807) is 0 Å². The Hall–Kier alpha value is -2.41. The number of aliphatic imine (C=N–C) groups is 1. The highest BCUT2D eigenvalue weighted by molar-refractivity contribution is 8.14. The SMILES string of the molecule is CCOc1cc2c(cc1[C@H]1[C@H](c3ccccn3)N=C3SC[C@@H](CC)N31)OCO2. The molecule has 0 amide bonds. The molecule has 0 bridgehead atoms. The zero-order chi connectivity index (χ0) is 19.1. The molecule has 3 aliphatic heterocycles. The Kier molecular flexibility index (Phi) is 4.55. The molecular weight excluding hydrogens is 374 g/mol. The van der Waals surface area contributed by atoms with Crippen LogP contribution in [0.15, 0.2) is 41.5 Å². The molecule has 3 atom stereocenters. The summed E-state index contributed by atoms with van der Waals surface area (Å²) in [5.74, 6) is 3.41. The van der Waals surface area contributed by atoms with Crippen molar-refractivity contribution in [3.05, 3.63) is 47.8 Å². The molecule has 0 saturated carbocycles. The van der Waals surface area contributed by atoms with Gasteiger partial charge in [-0.05, 0) is 31.5 Å². The van der Waals surface area contributed by atoms with Crippen molar-refractivity contribution in [2.24, 2.45) is 4.99 Å². The third kappa shape index (κ3) is 2.80. The molecule has 0 radical (unpaired) electrons. The van der Waals surface area contributed by atoms with Crippen molar-refractivity contribution in [3.63, 3.8) is 0 Å². The fourth-order valence-electron chi connectivity index (χ4n) is 4.14. The number of amidine groups is 1. The van der Waals surface area contributed by atoms with Crippen molar-refractivity contribution in [2.45, 2.75) is 38.4 Å². The third-order valence-electron chi connectivity index (χ3n) is 5.45. The molecule has 0 spiro atoms. The molecule has 5 rings (SSSR count). The van der Waals surface area contributed by atoms with E-state index in [0.717, 1.165) is 45.8 Å². The predicted molar refractivity (Wildman–Crippen MR) is 109 cm³/mol. The van der Waals surface area contributed by atoms with Gasteiger partial charge in [-0.2, -0.15) is 0 Å². The summed E-state index contributed by atoms with van der Waals surface area (Å²) in [6.07, 6.45) is 2.91. The highest BCUT2D eigenvalue weighted by atomic mass is 32.2. The van der Waals surface area contributed by atoms with E-state index < -0.39 is 0 Å². The molecule has 6 nitrogen and oxygen atoms in total. The molecule has 0 aliphatic carbocycles. The summed E-state index contributed by atoms with van der Waals surface area (Å²) in [4.78, 5) is 12.2. The number of aromatic nitrogens is 1. The van der Waals surface area contributed by atoms with Gasteiger partial charge in [0, 0.05) is 29.6 Å². The lowest BCUT2D eigenvalue weighted by molar-refractivity contribution is 0.173. The van der Waals surface area contributed by atoms with Crippen LogP contribution in [0.4, 0.5) is 0 Å². The molecule has 1 fully saturated rings. The third-order valence-corrected chi connectivity index (χ3v) is 6.58. The van der Waals surface area contributed by atoms with Gasteiger partial charge in [-0.1, -0.05) is 24.8 Å². The molecular formula is C21H23N3O3S. The molecule has 146 valence electrons. The highest BCUT2D eigenvalue weighted by Crippen LogP contribution is 2.52. The number of rotatable bonds is 5. The molecule has 0 N–H and O–H groups in total. The Morgan fingerprint density at radius 1 is 1.21 bits per heavy atom. The van der Waals surface area contributed by atoms with Crippen LogP contribution in [0.25, 0.3) is 0 Å². The summed E-state index contributed by atoms with van der Waals surface area (Å²) in [6.45, 7) is 5.08. The smallest absolute Gasteiger partial charge is 0.231 e. The van der Waals surface area contributed by atoms with Gasteiger partial charge in [0.2, 0.25) is 6.79 Å². The summed E-state index contributed by atoms with van der Waals surface area (Å²) in [6, 6.07) is 10.5. The van der Waals surface area contributed by atoms with E-state index in [1.165, 1.54) is 0 Å². The Labute approximate surface area is 168 Å². The topological polar surface area (TPSA) is 56.2 Å². The maximum Gasteiger partial charge on any atom is 0.231 e. The largest absolute Gasteiger partial charge is 0.493 e. The first-order chi connectivity index (χ1) is 13.8. The lowest BCUT2D eigenvalue weighted by atomic mass is 9.94. The number of ether oxygens (including phenoxy) is 3. The summed E-state index contributed by atoms with van der Waals surface area (Å²) < 4.78 is 17.3. The van der Waals surface area contributed by atoms with Crippen LogP contribution in [0.5, 0.6) is 17.2 Å². The van der Waals surface area contributed by atoms with E-state index in [9.17, 15) is 0 Å². The number of benzene rings is 1. The fourth-order valence-corrected chi connectivity index (χ4v) is 5.48. The number of nitrogens with zero attached hydrogens (tertiary/aromatic N) is 3. The van der Waals surface area contributed by atoms with Gasteiger partial charge in [0.1, 0.15) is 11.8 Å². The predicted octanol–water partition coefficient (Wildman–Crippen LogP) is 4.19. The Bertz CT molecular complexity index is 905. The van der Waals surface area contributed by atoms with Gasteiger partial charge >= 0.3 is 0 Å². The number of hydrogen-bond acceptors (Lipinski definition) is 7. The normalized spacial score (nSPS) is 25.0. The monoisotopic (exact) mass is 397 g/mol. The minimum Gasteiger partial charge on any atom is -0.493 e. The van der Waals surface area contributed by atoms with E-state index in [4.69, 9.17) is 19.2 Å². The average Bonchev–Trinajstić information content (AvgIpc) is 3.42. The van der Waals surface area contributed by atoms with Gasteiger partial charge < -0.3 is 19.1 Å². The first-order valence-corrected chi connectivity index (χ1v) is 10.7. The molecule has 1 saturated heterocycles. The van der Waals surface area contributed by atoms with Gasteiger partial charge in [0.05, 0.1) is 18.3 Å². The second-order valence-electron chi connectivity index (χ2n) is 7.01. The maximum absolute atomic E-state index is 6.04. The van der Waals surface area contributed by atoms with Crippen molar-refractivity contribution < 1.29 is 14.2 Å². The van der Waals surface area contributed by atoms with Crippen LogP contribution in [0.3, 0.4) is 0 Å². The van der Waals surface area contributed by atoms with Crippen LogP contribution >= 0.6 is 11.8 Å². The highest BCUT2D eigenvalue weighted by Gasteiger charge is 2.46. The second kappa shape index (κ2) is 7.20. The van der Waals surface area contributed by atoms with Crippen LogP contribution in [0.1, 0.15) is 43.6 Å². The number of hydrogen-bond donors (Lipinski definition) is 0. The summed E-state index contributed by atoms with van der Waals surface area (Å²) in [7, 11) is 0. The summed E-state index contributed by atoms with van der Waals surface area (Å²) >= 11 is 1.84. The van der Waals surface area contributed by atoms with Gasteiger partial charge in [-0.3, -0.25) is 9.98 Å². The van der Waals surface area contributed by atoms with E-state index in [-0.39, 0.29) is 18.9 Å². The second-order valence-corrected chi connectivity index (χ2v) is 8.00. The number of fused-ring (bicyclic) bond motifs is 2. The first kappa shape index (κ1) is 17.7. The average molecular weight is 398 g/mol. The minimum absolute atomic E-state index is 0.0286. The van der Waals surface area contributed by atoms with Crippen molar-refractivity contribution in [3.8, 4) is 17.2 Å². The van der Waals surface area contributed by atoms with Gasteiger partial charge in [0.25, 0.3) is 0 Å². The fraction of sp³-hybridized carbons (Fsp3) is 0.429. The van der Waals surface area contributed by atoms with Crippen LogP contribution in [0.2, 0.25) is 0 Å². The molecule has 1 aromatic carbocycles. The molecule has 2 aromatic rings. The van der Waals surface area contributed by atoms with Crippen LogP contribution in [-0.2, 0) is 0 Å². The maximum atomic E-state index is 6.04. The van der Waals surface area contributed by atoms with Crippen molar-refractivity contribution in [1.29, 1.82) is 0 Å². The Balaban J connectivity index is 1.65. The zero-order valence-corrected chi connectivity index (χ0v) is 16.8. The lowest BCUT2D eigenvalue weighted by Crippen LogP contribution is -2.35. The van der Waals surface area contributed by atoms with Crippen molar-refractivity contribution in [1.82, 2.24) is 9.88 Å². The molecule has 4 heterocycles. The van der Waals surface area contributed by atoms with Gasteiger partial charge in [0.15, 0.2) is 16.7 Å². The summed E-state index contributed by atoms with van der Waals surface area (Å²) in [5, 5.41) is 1.10. The van der Waals surface area contributed by atoms with Crippen molar-refractivity contribution >= 4 is 16.9 Å². The van der Waals surface area contributed by atoms with Crippen molar-refractivity contribution in [2.75, 3.05) is 19.2 Å². The number of pyridine rings is 1. The van der Waals surface area contributed by atoms with Crippen LogP contribution in [-0.4, -0.2) is 40.2 Å². The minimum atomic E-state index is -0.0716. The molecule has 1 aromatic heterocycles. The van der Waals surface area contributed by atoms with E-state index in [2.05, 4.69) is 28.9 Å². The van der Waals surface area contributed by atoms with Gasteiger partial charge in [-0.25, -0.2) is 0 Å². The number of thioether (sulfide) groups is 1. The van der Waals surface area contributed by atoms with Crippen LogP contribution in [0, 0.1) is 0 Å². The zero-order valence-electron chi connectivity index (χ0n) is 16.0. The van der Waals surface area contributed by atoms with E-state index in [0.29, 0.717) is 12.6 Å². The van der Waals surface area contributed by atoms with E-state index in [1.807, 2.05) is 43.1 Å². The molecule has 0 unspecified atom stereocenters. The van der Waals surface area contributed by atoms with Crippen LogP contribution < -0.4 is 14.2 Å². The van der Waals surface area contributed by atoms with E-state index >= 15 is 0 Å². The standard InChI is InChI=1S/C21H23N3O3S/c1-3-13-11-28-21-23-19(15-7-5-6-8-22-15)20(24(13)21)14-9-17-18(27-12-26-17)10-16(14)25-4-2/h5-10,13,19-20H,3-4,11-12H2,1-2H3/t13-,19+,20+/m1/s1. The first-order valence-electron chi connectivity index (χ1n) is 9.76. The van der Waals surface area contributed by atoms with Gasteiger partial charge in [-0.15, -0.1) is 0 Å². The molecule has 3 aliphatic rings. The Morgan fingerprint density at radius 2 is 2.07 bits per heavy atom.